The first-order valence-corrected chi connectivity index (χ1v) is 15.0. The lowest BCUT2D eigenvalue weighted by atomic mass is 9.76. The molecule has 0 aromatic heterocycles. The molecule has 8 heteroatoms. The van der Waals surface area contributed by atoms with E-state index < -0.39 is 40.8 Å². The van der Waals surface area contributed by atoms with Gasteiger partial charge in [-0.25, -0.2) is 22.0 Å². The van der Waals surface area contributed by atoms with E-state index in [0.29, 0.717) is 12.0 Å². The van der Waals surface area contributed by atoms with Gasteiger partial charge in [-0.05, 0) is 115 Å². The van der Waals surface area contributed by atoms with E-state index in [1.54, 1.807) is 18.2 Å². The molecule has 0 radical (unpaired) electrons. The zero-order valence-electron chi connectivity index (χ0n) is 24.3. The van der Waals surface area contributed by atoms with Crippen LogP contribution in [0, 0.1) is 29.1 Å². The van der Waals surface area contributed by atoms with Crippen molar-refractivity contribution in [3.05, 3.63) is 124 Å². The molecule has 0 bridgehead atoms. The van der Waals surface area contributed by atoms with Gasteiger partial charge in [0.25, 0.3) is 0 Å². The molecular formula is C36H33F7O. The predicted molar refractivity (Wildman–Crippen MR) is 156 cm³/mol. The fourth-order valence-electron chi connectivity index (χ4n) is 6.03. The molecule has 1 nitrogen and oxygen atoms in total. The minimum atomic E-state index is -3.84. The molecule has 0 saturated heterocycles. The van der Waals surface area contributed by atoms with Gasteiger partial charge in [-0.2, -0.15) is 8.78 Å². The average Bonchev–Trinajstić information content (AvgIpc) is 3.00. The van der Waals surface area contributed by atoms with Crippen LogP contribution in [0.1, 0.15) is 86.0 Å². The molecule has 0 spiro atoms. The van der Waals surface area contributed by atoms with Gasteiger partial charge in [-0.3, -0.25) is 0 Å². The summed E-state index contributed by atoms with van der Waals surface area (Å²) in [6.07, 6.45) is 2.75. The molecule has 0 aliphatic heterocycles. The van der Waals surface area contributed by atoms with Crippen molar-refractivity contribution in [2.24, 2.45) is 0 Å². The molecule has 4 aromatic carbocycles. The highest BCUT2D eigenvalue weighted by Crippen LogP contribution is 2.42. The van der Waals surface area contributed by atoms with Crippen LogP contribution in [0.25, 0.3) is 11.1 Å². The van der Waals surface area contributed by atoms with Crippen molar-refractivity contribution in [1.29, 1.82) is 0 Å². The Morgan fingerprint density at radius 3 is 1.86 bits per heavy atom. The van der Waals surface area contributed by atoms with Gasteiger partial charge in [0.2, 0.25) is 0 Å². The number of aryl methyl sites for hydroxylation is 1. The number of hydrogen-bond acceptors (Lipinski definition) is 1. The Bertz CT molecular complexity index is 1570. The third-order valence-corrected chi connectivity index (χ3v) is 8.50. The van der Waals surface area contributed by atoms with Gasteiger partial charge < -0.3 is 4.74 Å². The maximum atomic E-state index is 14.9. The molecule has 0 N–H and O–H groups in total. The van der Waals surface area contributed by atoms with E-state index >= 15 is 0 Å². The van der Waals surface area contributed by atoms with Crippen LogP contribution in [0.15, 0.2) is 72.8 Å². The number of hydrogen-bond donors (Lipinski definition) is 0. The summed E-state index contributed by atoms with van der Waals surface area (Å²) >= 11 is 0. The van der Waals surface area contributed by atoms with Crippen LogP contribution in [-0.4, -0.2) is 0 Å². The predicted octanol–water partition coefficient (Wildman–Crippen LogP) is 11.4. The average molecular weight is 615 g/mol. The lowest BCUT2D eigenvalue weighted by Crippen LogP contribution is -2.23. The minimum Gasteiger partial charge on any atom is -0.429 e. The van der Waals surface area contributed by atoms with E-state index in [1.165, 1.54) is 30.3 Å². The Hall–Kier alpha value is -3.81. The normalized spacial score (nSPS) is 17.1. The monoisotopic (exact) mass is 614 g/mol. The number of rotatable bonds is 10. The van der Waals surface area contributed by atoms with Crippen molar-refractivity contribution in [2.45, 2.75) is 76.2 Å². The van der Waals surface area contributed by atoms with Crippen molar-refractivity contribution in [3.8, 4) is 16.9 Å². The Morgan fingerprint density at radius 1 is 0.659 bits per heavy atom. The summed E-state index contributed by atoms with van der Waals surface area (Å²) in [5, 5.41) is 0. The van der Waals surface area contributed by atoms with E-state index in [9.17, 15) is 30.7 Å². The fourth-order valence-corrected chi connectivity index (χ4v) is 6.03. The molecule has 5 rings (SSSR count). The van der Waals surface area contributed by atoms with Crippen LogP contribution in [0.5, 0.6) is 5.75 Å². The van der Waals surface area contributed by atoms with Crippen LogP contribution in [0.3, 0.4) is 0 Å². The van der Waals surface area contributed by atoms with Gasteiger partial charge in [0.1, 0.15) is 17.4 Å². The molecule has 44 heavy (non-hydrogen) atoms. The SMILES string of the molecule is CCCCCc1ccc(C(F)(F)Oc2ccc(C3CCC(c4ccc(-c5cc(F)c(F)c(F)c5)c(F)c4)CC3)cc2)c(F)c1. The summed E-state index contributed by atoms with van der Waals surface area (Å²) in [6.45, 7) is 2.06. The van der Waals surface area contributed by atoms with E-state index in [4.69, 9.17) is 4.74 Å². The molecule has 1 aliphatic rings. The first kappa shape index (κ1) is 31.6. The summed E-state index contributed by atoms with van der Waals surface area (Å²) in [4.78, 5) is 0. The maximum absolute atomic E-state index is 14.9. The highest BCUT2D eigenvalue weighted by molar-refractivity contribution is 5.65. The number of ether oxygens (including phenoxy) is 1. The zero-order valence-corrected chi connectivity index (χ0v) is 24.3. The number of benzene rings is 4. The Balaban J connectivity index is 1.19. The maximum Gasteiger partial charge on any atom is 0.429 e. The molecule has 4 aromatic rings. The largest absolute Gasteiger partial charge is 0.429 e. The van der Waals surface area contributed by atoms with Crippen LogP contribution in [0.4, 0.5) is 30.7 Å². The second-order valence-electron chi connectivity index (χ2n) is 11.5. The lowest BCUT2D eigenvalue weighted by molar-refractivity contribution is -0.187. The summed E-state index contributed by atoms with van der Waals surface area (Å²) < 4.78 is 105. The molecule has 232 valence electrons. The van der Waals surface area contributed by atoms with Crippen LogP contribution in [0.2, 0.25) is 0 Å². The van der Waals surface area contributed by atoms with Crippen molar-refractivity contribution >= 4 is 0 Å². The van der Waals surface area contributed by atoms with Crippen molar-refractivity contribution in [2.75, 3.05) is 0 Å². The molecule has 0 unspecified atom stereocenters. The summed E-state index contributed by atoms with van der Waals surface area (Å²) in [5.41, 5.74) is 1.50. The van der Waals surface area contributed by atoms with E-state index in [2.05, 4.69) is 6.92 Å². The highest BCUT2D eigenvalue weighted by atomic mass is 19.3. The molecule has 0 atom stereocenters. The smallest absolute Gasteiger partial charge is 0.429 e. The molecule has 1 aliphatic carbocycles. The van der Waals surface area contributed by atoms with Crippen molar-refractivity contribution in [3.63, 3.8) is 0 Å². The van der Waals surface area contributed by atoms with E-state index in [-0.39, 0.29) is 28.7 Å². The van der Waals surface area contributed by atoms with Gasteiger partial charge >= 0.3 is 6.11 Å². The number of alkyl halides is 2. The molecule has 0 amide bonds. The Kier molecular flexibility index (Phi) is 9.66. The first-order chi connectivity index (χ1) is 21.1. The molecule has 1 fully saturated rings. The second-order valence-corrected chi connectivity index (χ2v) is 11.5. The number of halogens is 7. The van der Waals surface area contributed by atoms with E-state index in [1.807, 2.05) is 0 Å². The minimum absolute atomic E-state index is 0.0183. The highest BCUT2D eigenvalue weighted by Gasteiger charge is 2.38. The van der Waals surface area contributed by atoms with Gasteiger partial charge in [0, 0.05) is 5.56 Å². The standard InChI is InChI=1S/C36H33F7O/c1-2-3-4-5-22-6-17-30(32(38)18-22)36(42,43)44-28-14-11-24(12-15-28)23-7-9-25(10-8-23)26-13-16-29(31(37)19-26)27-20-33(39)35(41)34(40)21-27/h6,11-21,23,25H,2-5,7-10H2,1H3. The third kappa shape index (κ3) is 7.11. The quantitative estimate of drug-likeness (QED) is 0.0981. The molecule has 1 saturated carbocycles. The first-order valence-electron chi connectivity index (χ1n) is 15.0. The van der Waals surface area contributed by atoms with E-state index in [0.717, 1.165) is 80.3 Å². The molecular weight excluding hydrogens is 581 g/mol. The van der Waals surface area contributed by atoms with Gasteiger partial charge in [-0.1, -0.05) is 50.1 Å². The summed E-state index contributed by atoms with van der Waals surface area (Å²) in [7, 11) is 0. The van der Waals surface area contributed by atoms with Gasteiger partial charge in [0.15, 0.2) is 17.5 Å². The van der Waals surface area contributed by atoms with Gasteiger partial charge in [-0.15, -0.1) is 0 Å². The van der Waals surface area contributed by atoms with Crippen LogP contribution in [-0.2, 0) is 12.5 Å². The fraction of sp³-hybridized carbons (Fsp3) is 0.333. The van der Waals surface area contributed by atoms with Crippen LogP contribution >= 0.6 is 0 Å². The number of unbranched alkanes of at least 4 members (excludes halogenated alkanes) is 2. The summed E-state index contributed by atoms with van der Waals surface area (Å²) in [5.74, 6) is -5.83. The molecule has 0 heterocycles. The Labute approximate surface area is 252 Å². The van der Waals surface area contributed by atoms with Crippen molar-refractivity contribution in [1.82, 2.24) is 0 Å². The third-order valence-electron chi connectivity index (χ3n) is 8.50. The lowest BCUT2D eigenvalue weighted by Gasteiger charge is -2.29. The Morgan fingerprint density at radius 2 is 1.27 bits per heavy atom. The topological polar surface area (TPSA) is 9.23 Å². The van der Waals surface area contributed by atoms with Crippen LogP contribution < -0.4 is 4.74 Å². The van der Waals surface area contributed by atoms with Crippen molar-refractivity contribution < 1.29 is 35.5 Å². The second kappa shape index (κ2) is 13.4. The zero-order chi connectivity index (χ0) is 31.4. The summed E-state index contributed by atoms with van der Waals surface area (Å²) in [6, 6.07) is 16.2. The van der Waals surface area contributed by atoms with Gasteiger partial charge in [0.05, 0.1) is 5.56 Å².